The van der Waals surface area contributed by atoms with E-state index in [-0.39, 0.29) is 30.7 Å². The lowest BCUT2D eigenvalue weighted by Crippen LogP contribution is -2.54. The van der Waals surface area contributed by atoms with Crippen molar-refractivity contribution in [1.82, 2.24) is 5.32 Å². The lowest BCUT2D eigenvalue weighted by atomic mass is 9.81. The number of hydrogen-bond acceptors (Lipinski definition) is 4. The minimum Gasteiger partial charge on any atom is -0.369 e. The molecule has 1 aromatic rings. The van der Waals surface area contributed by atoms with Crippen molar-refractivity contribution in [1.29, 1.82) is 5.26 Å². The summed E-state index contributed by atoms with van der Waals surface area (Å²) in [6.45, 7) is 9.33. The number of hydrogen-bond donors (Lipinski definition) is 1. The maximum absolute atomic E-state index is 13.7. The molecule has 1 saturated carbocycles. The third-order valence-corrected chi connectivity index (χ3v) is 6.19. The molecule has 7 heteroatoms. The van der Waals surface area contributed by atoms with E-state index in [0.717, 1.165) is 24.2 Å². The van der Waals surface area contributed by atoms with Gasteiger partial charge in [0.25, 0.3) is 0 Å². The van der Waals surface area contributed by atoms with Crippen LogP contribution in [0.2, 0.25) is 0 Å². The molecule has 2 fully saturated rings. The largest absolute Gasteiger partial charge is 0.369 e. The number of carbonyl (C=O) groups excluding carboxylic acids is 1. The molecule has 0 radical (unpaired) electrons. The molecule has 0 aromatic heterocycles. The van der Waals surface area contributed by atoms with Gasteiger partial charge < -0.3 is 10.2 Å². The molecule has 5 nitrogen and oxygen atoms in total. The van der Waals surface area contributed by atoms with E-state index in [2.05, 4.69) is 44.0 Å². The van der Waals surface area contributed by atoms with Gasteiger partial charge in [0, 0.05) is 37.0 Å². The Kier molecular flexibility index (Phi) is 6.39. The van der Waals surface area contributed by atoms with Crippen LogP contribution in [0.3, 0.4) is 0 Å². The maximum Gasteiger partial charge on any atom is 0.223 e. The number of benzene rings is 1. The van der Waals surface area contributed by atoms with Gasteiger partial charge in [0.15, 0.2) is 0 Å². The van der Waals surface area contributed by atoms with Crippen molar-refractivity contribution in [2.75, 3.05) is 18.0 Å². The Morgan fingerprint density at radius 1 is 1.48 bits per heavy atom. The molecule has 1 heterocycles. The Balaban J connectivity index is 1.77. The van der Waals surface area contributed by atoms with Gasteiger partial charge in [-0.1, -0.05) is 28.8 Å². The van der Waals surface area contributed by atoms with Crippen LogP contribution >= 0.6 is 9.24 Å². The van der Waals surface area contributed by atoms with Crippen LogP contribution in [0.1, 0.15) is 37.3 Å². The number of anilines is 1. The maximum atomic E-state index is 13.7. The molecule has 1 aliphatic carbocycles. The van der Waals surface area contributed by atoms with E-state index in [9.17, 15) is 14.4 Å². The summed E-state index contributed by atoms with van der Waals surface area (Å²) in [5.74, 6) is 0.111. The zero-order valence-electron chi connectivity index (χ0n) is 17.0. The van der Waals surface area contributed by atoms with Crippen molar-refractivity contribution in [2.45, 2.75) is 44.6 Å². The molecular weight excluding hydrogens is 386 g/mol. The lowest BCUT2D eigenvalue weighted by molar-refractivity contribution is -0.131. The molecule has 1 aromatic carbocycles. The Hall–Kier alpha value is -2.25. The normalized spacial score (nSPS) is 29.2. The van der Waals surface area contributed by atoms with Crippen molar-refractivity contribution < 1.29 is 9.18 Å². The Labute approximate surface area is 174 Å². The minimum atomic E-state index is -1.28. The molecule has 0 bridgehead atoms. The molecule has 1 unspecified atom stereocenters. The number of halogens is 1. The molecule has 1 saturated heterocycles. The van der Waals surface area contributed by atoms with Crippen LogP contribution in [0.5, 0.6) is 0 Å². The van der Waals surface area contributed by atoms with Crippen LogP contribution in [0.4, 0.5) is 15.8 Å². The highest BCUT2D eigenvalue weighted by molar-refractivity contribution is 7.18. The van der Waals surface area contributed by atoms with Gasteiger partial charge in [-0.3, -0.25) is 9.79 Å². The van der Waals surface area contributed by atoms with Crippen molar-refractivity contribution >= 4 is 32.7 Å². The van der Waals surface area contributed by atoms with Crippen LogP contribution in [0, 0.1) is 30.1 Å². The van der Waals surface area contributed by atoms with E-state index in [1.165, 1.54) is 0 Å². The standard InChI is InChI=1S/C22H28FN4OP/c1-4-7-25-20-15(3)19(6-5-16(20)11-24)27-12-14(2)8-18(13-27)26-21(28)17-9-22(23,29)10-17/h4-7,14,17-18H,1,8-10,12-13,29H2,2-3H3,(H,26,28)/t14-,17?,18+,22?/m0/s1. The van der Waals surface area contributed by atoms with Crippen molar-refractivity contribution in [2.24, 2.45) is 16.8 Å². The Morgan fingerprint density at radius 3 is 2.83 bits per heavy atom. The fraction of sp³-hybridized carbons (Fsp3) is 0.500. The van der Waals surface area contributed by atoms with Crippen LogP contribution in [0.25, 0.3) is 0 Å². The highest BCUT2D eigenvalue weighted by Gasteiger charge is 2.45. The number of rotatable bonds is 5. The molecule has 29 heavy (non-hydrogen) atoms. The summed E-state index contributed by atoms with van der Waals surface area (Å²) in [4.78, 5) is 19.1. The first-order valence-corrected chi connectivity index (χ1v) is 10.5. The topological polar surface area (TPSA) is 68.5 Å². The number of nitrogens with one attached hydrogen (secondary N) is 1. The van der Waals surface area contributed by atoms with Gasteiger partial charge >= 0.3 is 0 Å². The number of allylic oxidation sites excluding steroid dienone is 1. The highest BCUT2D eigenvalue weighted by atomic mass is 31.0. The zero-order valence-corrected chi connectivity index (χ0v) is 18.1. The average Bonchev–Trinajstić information content (AvgIpc) is 2.64. The Bertz CT molecular complexity index is 868. The summed E-state index contributed by atoms with van der Waals surface area (Å²) in [5, 5.41) is 11.3. The quantitative estimate of drug-likeness (QED) is 0.584. The minimum absolute atomic E-state index is 0.0144. The Morgan fingerprint density at radius 2 is 2.21 bits per heavy atom. The van der Waals surface area contributed by atoms with Crippen LogP contribution in [-0.2, 0) is 4.79 Å². The average molecular weight is 414 g/mol. The SMILES string of the molecule is C=CC=Nc1c(C#N)ccc(N2C[C@@H](C)C[C@@H](NC(=O)C3CC(F)(P)C3)C2)c1C. The van der Waals surface area contributed by atoms with E-state index in [1.54, 1.807) is 18.4 Å². The van der Waals surface area contributed by atoms with Crippen LogP contribution in [0.15, 0.2) is 29.8 Å². The van der Waals surface area contributed by atoms with Crippen molar-refractivity contribution in [3.8, 4) is 6.07 Å². The predicted octanol–water partition coefficient (Wildman–Crippen LogP) is 4.04. The smallest absolute Gasteiger partial charge is 0.223 e. The second kappa shape index (κ2) is 8.63. The number of piperidine rings is 1. The number of nitrogens with zero attached hydrogens (tertiary/aromatic N) is 3. The van der Waals surface area contributed by atoms with Crippen LogP contribution in [-0.4, -0.2) is 36.7 Å². The number of nitriles is 1. The summed E-state index contributed by atoms with van der Waals surface area (Å²) in [7, 11) is 2.20. The fourth-order valence-corrected chi connectivity index (χ4v) is 4.90. The van der Waals surface area contributed by atoms with E-state index in [4.69, 9.17) is 0 Å². The zero-order chi connectivity index (χ0) is 21.2. The van der Waals surface area contributed by atoms with Gasteiger partial charge in [0.2, 0.25) is 5.91 Å². The molecule has 154 valence electrons. The number of aliphatic imine (C=N–C) groups is 1. The first-order valence-electron chi connectivity index (χ1n) is 9.96. The molecule has 3 rings (SSSR count). The molecule has 0 spiro atoms. The van der Waals surface area contributed by atoms with E-state index in [1.807, 2.05) is 13.0 Å². The summed E-state index contributed by atoms with van der Waals surface area (Å²) in [5.41, 5.74) is 3.13. The van der Waals surface area contributed by atoms with Gasteiger partial charge in [-0.25, -0.2) is 4.39 Å². The summed E-state index contributed by atoms with van der Waals surface area (Å²) < 4.78 is 13.7. The number of alkyl halides is 1. The van der Waals surface area contributed by atoms with Crippen molar-refractivity contribution in [3.63, 3.8) is 0 Å². The molecule has 3 atom stereocenters. The van der Waals surface area contributed by atoms with Gasteiger partial charge in [-0.15, -0.1) is 0 Å². The monoisotopic (exact) mass is 414 g/mol. The lowest BCUT2D eigenvalue weighted by Gasteiger charge is -2.41. The predicted molar refractivity (Wildman–Crippen MR) is 118 cm³/mol. The highest BCUT2D eigenvalue weighted by Crippen LogP contribution is 2.46. The third-order valence-electron chi connectivity index (χ3n) is 5.72. The first-order chi connectivity index (χ1) is 13.7. The van der Waals surface area contributed by atoms with Gasteiger partial charge in [0.05, 0.1) is 11.3 Å². The number of carbonyl (C=O) groups is 1. The second-order valence-electron chi connectivity index (χ2n) is 8.32. The third kappa shape index (κ3) is 4.85. The molecule has 2 aliphatic rings. The van der Waals surface area contributed by atoms with E-state index < -0.39 is 5.41 Å². The fourth-order valence-electron chi connectivity index (χ4n) is 4.33. The number of amides is 1. The van der Waals surface area contributed by atoms with Gasteiger partial charge in [-0.05, 0) is 49.8 Å². The second-order valence-corrected chi connectivity index (χ2v) is 9.36. The van der Waals surface area contributed by atoms with Gasteiger partial charge in [-0.2, -0.15) is 5.26 Å². The van der Waals surface area contributed by atoms with E-state index >= 15 is 0 Å². The molecular formula is C22H28FN4OP. The van der Waals surface area contributed by atoms with Gasteiger partial charge in [0.1, 0.15) is 11.5 Å². The van der Waals surface area contributed by atoms with Crippen molar-refractivity contribution in [3.05, 3.63) is 35.9 Å². The molecule has 1 amide bonds. The molecule has 1 aliphatic heterocycles. The summed E-state index contributed by atoms with van der Waals surface area (Å²) in [6.07, 6.45) is 4.62. The van der Waals surface area contributed by atoms with Crippen LogP contribution < -0.4 is 10.2 Å². The summed E-state index contributed by atoms with van der Waals surface area (Å²) >= 11 is 0. The summed E-state index contributed by atoms with van der Waals surface area (Å²) in [6, 6.07) is 5.95. The first kappa shape index (κ1) is 21.5. The molecule has 1 N–H and O–H groups in total. The van der Waals surface area contributed by atoms with E-state index in [0.29, 0.717) is 23.7 Å².